The molecule has 0 aliphatic carbocycles. The number of hydrogen-bond donors (Lipinski definition) is 2. The Morgan fingerprint density at radius 2 is 1.95 bits per heavy atom. The molecule has 0 heterocycles. The van der Waals surface area contributed by atoms with E-state index in [0.29, 0.717) is 11.3 Å². The number of urea groups is 1. The number of nitrogens with one attached hydrogen (secondary N) is 1. The molecule has 20 heavy (non-hydrogen) atoms. The number of amides is 3. The number of rotatable bonds is 5. The van der Waals surface area contributed by atoms with Crippen molar-refractivity contribution >= 4 is 23.4 Å². The molecule has 0 aliphatic heterocycles. The lowest BCUT2D eigenvalue weighted by Gasteiger charge is -2.25. The van der Waals surface area contributed by atoms with Crippen LogP contribution in [0.2, 0.25) is 0 Å². The number of carbonyl (C=O) groups is 3. The maximum Gasteiger partial charge on any atom is 0.322 e. The molecule has 0 saturated carbocycles. The molecule has 0 fully saturated rings. The molecule has 1 aromatic rings. The van der Waals surface area contributed by atoms with Crippen molar-refractivity contribution in [3.63, 3.8) is 0 Å². The second-order valence-corrected chi connectivity index (χ2v) is 4.76. The van der Waals surface area contributed by atoms with Gasteiger partial charge >= 0.3 is 6.03 Å². The summed E-state index contributed by atoms with van der Waals surface area (Å²) in [5, 5.41) is 2.65. The average Bonchev–Trinajstić information content (AvgIpc) is 2.35. The molecule has 0 unspecified atom stereocenters. The summed E-state index contributed by atoms with van der Waals surface area (Å²) >= 11 is 0. The standard InChI is InChI=1S/C14H19N3O3/c1-9(2)17(8-13(15)19)14(20)16-12-6-4-5-11(7-12)10(3)18/h4-7,9H,8H2,1-3H3,(H2,15,19)(H,16,20). The van der Waals surface area contributed by atoms with Crippen LogP contribution < -0.4 is 11.1 Å². The van der Waals surface area contributed by atoms with Gasteiger partial charge in [0.1, 0.15) is 6.54 Å². The summed E-state index contributed by atoms with van der Waals surface area (Å²) in [5.41, 5.74) is 6.13. The zero-order chi connectivity index (χ0) is 15.3. The first-order chi connectivity index (χ1) is 9.31. The van der Waals surface area contributed by atoms with Crippen molar-refractivity contribution in [2.45, 2.75) is 26.8 Å². The molecule has 6 heteroatoms. The fourth-order valence-corrected chi connectivity index (χ4v) is 1.67. The van der Waals surface area contributed by atoms with Crippen LogP contribution in [-0.2, 0) is 4.79 Å². The van der Waals surface area contributed by atoms with Crippen LogP contribution >= 0.6 is 0 Å². The summed E-state index contributed by atoms with van der Waals surface area (Å²) in [7, 11) is 0. The molecular formula is C14H19N3O3. The molecule has 0 atom stereocenters. The molecular weight excluding hydrogens is 258 g/mol. The maximum atomic E-state index is 12.1. The van der Waals surface area contributed by atoms with Crippen molar-refractivity contribution in [3.8, 4) is 0 Å². The number of anilines is 1. The van der Waals surface area contributed by atoms with Gasteiger partial charge in [0.05, 0.1) is 0 Å². The minimum Gasteiger partial charge on any atom is -0.368 e. The number of hydrogen-bond acceptors (Lipinski definition) is 3. The van der Waals surface area contributed by atoms with E-state index >= 15 is 0 Å². The third-order valence-electron chi connectivity index (χ3n) is 2.73. The zero-order valence-electron chi connectivity index (χ0n) is 11.8. The van der Waals surface area contributed by atoms with Crippen LogP contribution in [0.4, 0.5) is 10.5 Å². The number of nitrogens with zero attached hydrogens (tertiary/aromatic N) is 1. The van der Waals surface area contributed by atoms with E-state index in [1.807, 2.05) is 0 Å². The van der Waals surface area contributed by atoms with Crippen LogP contribution in [0.1, 0.15) is 31.1 Å². The molecule has 3 N–H and O–H groups in total. The van der Waals surface area contributed by atoms with E-state index < -0.39 is 11.9 Å². The predicted molar refractivity (Wildman–Crippen MR) is 76.5 cm³/mol. The van der Waals surface area contributed by atoms with Crippen LogP contribution in [0.5, 0.6) is 0 Å². The summed E-state index contributed by atoms with van der Waals surface area (Å²) in [6, 6.07) is 6.01. The van der Waals surface area contributed by atoms with Gasteiger partial charge in [0.25, 0.3) is 0 Å². The van der Waals surface area contributed by atoms with Crippen LogP contribution in [0.15, 0.2) is 24.3 Å². The highest BCUT2D eigenvalue weighted by atomic mass is 16.2. The predicted octanol–water partition coefficient (Wildman–Crippen LogP) is 1.62. The lowest BCUT2D eigenvalue weighted by atomic mass is 10.1. The number of primary amides is 1. The highest BCUT2D eigenvalue weighted by Gasteiger charge is 2.19. The van der Waals surface area contributed by atoms with E-state index in [4.69, 9.17) is 5.73 Å². The third kappa shape index (κ3) is 4.38. The van der Waals surface area contributed by atoms with E-state index in [1.165, 1.54) is 11.8 Å². The molecule has 0 saturated heterocycles. The normalized spacial score (nSPS) is 10.2. The lowest BCUT2D eigenvalue weighted by molar-refractivity contribution is -0.118. The first kappa shape index (κ1) is 15.7. The Morgan fingerprint density at radius 1 is 1.30 bits per heavy atom. The molecule has 0 radical (unpaired) electrons. The summed E-state index contributed by atoms with van der Waals surface area (Å²) in [6.07, 6.45) is 0. The van der Waals surface area contributed by atoms with Gasteiger partial charge in [-0.1, -0.05) is 12.1 Å². The van der Waals surface area contributed by atoms with E-state index in [0.717, 1.165) is 0 Å². The summed E-state index contributed by atoms with van der Waals surface area (Å²) in [6.45, 7) is 4.87. The van der Waals surface area contributed by atoms with Gasteiger partial charge in [0, 0.05) is 17.3 Å². The van der Waals surface area contributed by atoms with Gasteiger partial charge in [0.2, 0.25) is 5.91 Å². The Hall–Kier alpha value is -2.37. The fraction of sp³-hybridized carbons (Fsp3) is 0.357. The number of carbonyl (C=O) groups excluding carboxylic acids is 3. The van der Waals surface area contributed by atoms with Crippen molar-refractivity contribution in [2.24, 2.45) is 5.73 Å². The third-order valence-corrected chi connectivity index (χ3v) is 2.73. The molecule has 108 valence electrons. The van der Waals surface area contributed by atoms with Crippen molar-refractivity contribution in [3.05, 3.63) is 29.8 Å². The van der Waals surface area contributed by atoms with Gasteiger partial charge in [-0.05, 0) is 32.9 Å². The lowest BCUT2D eigenvalue weighted by Crippen LogP contribution is -2.44. The SMILES string of the molecule is CC(=O)c1cccc(NC(=O)N(CC(N)=O)C(C)C)c1. The topological polar surface area (TPSA) is 92.5 Å². The van der Waals surface area contributed by atoms with Crippen molar-refractivity contribution in [1.29, 1.82) is 0 Å². The average molecular weight is 277 g/mol. The van der Waals surface area contributed by atoms with Gasteiger partial charge in [-0.15, -0.1) is 0 Å². The highest BCUT2D eigenvalue weighted by Crippen LogP contribution is 2.12. The van der Waals surface area contributed by atoms with E-state index in [9.17, 15) is 14.4 Å². The number of ketones is 1. The largest absolute Gasteiger partial charge is 0.368 e. The molecule has 0 aliphatic rings. The first-order valence-corrected chi connectivity index (χ1v) is 6.28. The van der Waals surface area contributed by atoms with Crippen LogP contribution in [-0.4, -0.2) is 35.2 Å². The smallest absolute Gasteiger partial charge is 0.322 e. The van der Waals surface area contributed by atoms with Gasteiger partial charge in [0.15, 0.2) is 5.78 Å². The van der Waals surface area contributed by atoms with Crippen molar-refractivity contribution in [1.82, 2.24) is 4.90 Å². The maximum absolute atomic E-state index is 12.1. The van der Waals surface area contributed by atoms with Crippen molar-refractivity contribution < 1.29 is 14.4 Å². The summed E-state index contributed by atoms with van der Waals surface area (Å²) < 4.78 is 0. The Morgan fingerprint density at radius 3 is 2.45 bits per heavy atom. The molecule has 0 bridgehead atoms. The zero-order valence-corrected chi connectivity index (χ0v) is 11.8. The minimum absolute atomic E-state index is 0.0843. The summed E-state index contributed by atoms with van der Waals surface area (Å²) in [4.78, 5) is 35.7. The van der Waals surface area contributed by atoms with Gasteiger partial charge in [-0.3, -0.25) is 9.59 Å². The Kier molecular flexibility index (Phi) is 5.25. The quantitative estimate of drug-likeness (QED) is 0.801. The molecule has 3 amide bonds. The number of benzene rings is 1. The van der Waals surface area contributed by atoms with E-state index in [2.05, 4.69) is 5.32 Å². The number of nitrogens with two attached hydrogens (primary N) is 1. The second-order valence-electron chi connectivity index (χ2n) is 4.76. The van der Waals surface area contributed by atoms with Gasteiger partial charge in [-0.2, -0.15) is 0 Å². The Labute approximate surface area is 117 Å². The Balaban J connectivity index is 2.85. The van der Waals surface area contributed by atoms with Crippen LogP contribution in [0, 0.1) is 0 Å². The molecule has 6 nitrogen and oxygen atoms in total. The molecule has 1 rings (SSSR count). The second kappa shape index (κ2) is 6.70. The van der Waals surface area contributed by atoms with Gasteiger partial charge < -0.3 is 16.0 Å². The molecule has 0 aromatic heterocycles. The number of Topliss-reactive ketones (excluding diaryl/α,β-unsaturated/α-hetero) is 1. The van der Waals surface area contributed by atoms with E-state index in [1.54, 1.807) is 38.1 Å². The first-order valence-electron chi connectivity index (χ1n) is 6.28. The van der Waals surface area contributed by atoms with Crippen LogP contribution in [0.3, 0.4) is 0 Å². The molecule has 0 spiro atoms. The van der Waals surface area contributed by atoms with Crippen molar-refractivity contribution in [2.75, 3.05) is 11.9 Å². The fourth-order valence-electron chi connectivity index (χ4n) is 1.67. The minimum atomic E-state index is -0.577. The van der Waals surface area contributed by atoms with Crippen LogP contribution in [0.25, 0.3) is 0 Å². The highest BCUT2D eigenvalue weighted by molar-refractivity contribution is 5.97. The molecule has 1 aromatic carbocycles. The van der Waals surface area contributed by atoms with E-state index in [-0.39, 0.29) is 18.4 Å². The Bertz CT molecular complexity index is 526. The summed E-state index contributed by atoms with van der Waals surface area (Å²) in [5.74, 6) is -0.662. The van der Waals surface area contributed by atoms with Gasteiger partial charge in [-0.25, -0.2) is 4.79 Å². The monoisotopic (exact) mass is 277 g/mol.